The van der Waals surface area contributed by atoms with Crippen molar-refractivity contribution in [3.8, 4) is 0 Å². The number of amides is 2. The van der Waals surface area contributed by atoms with Gasteiger partial charge in [0.1, 0.15) is 5.69 Å². The Bertz CT molecular complexity index is 533. The van der Waals surface area contributed by atoms with Crippen molar-refractivity contribution >= 4 is 17.8 Å². The maximum absolute atomic E-state index is 12.0. The molecule has 7 heteroatoms. The lowest BCUT2D eigenvalue weighted by atomic mass is 10.1. The Morgan fingerprint density at radius 3 is 2.37 bits per heavy atom. The number of carbonyl (C=O) groups is 3. The molecule has 0 aliphatic heterocycles. The van der Waals surface area contributed by atoms with E-state index < -0.39 is 23.8 Å². The first-order valence-corrected chi connectivity index (χ1v) is 5.75. The van der Waals surface area contributed by atoms with Crippen LogP contribution in [0.5, 0.6) is 0 Å². The number of H-pyrrole nitrogens is 1. The minimum Gasteiger partial charge on any atom is -0.477 e. The predicted molar refractivity (Wildman–Crippen MR) is 68.0 cm³/mol. The van der Waals surface area contributed by atoms with E-state index in [1.807, 2.05) is 0 Å². The minimum atomic E-state index is -1.12. The van der Waals surface area contributed by atoms with E-state index in [-0.39, 0.29) is 17.7 Å². The molecule has 1 unspecified atom stereocenters. The van der Waals surface area contributed by atoms with Crippen molar-refractivity contribution in [2.45, 2.75) is 33.2 Å². The number of aromatic amines is 1. The van der Waals surface area contributed by atoms with Gasteiger partial charge in [-0.2, -0.15) is 0 Å². The number of carboxylic acid groups (broad SMARTS) is 1. The average Bonchev–Trinajstić information content (AvgIpc) is 2.52. The lowest BCUT2D eigenvalue weighted by Crippen LogP contribution is -2.36. The molecule has 5 N–H and O–H groups in total. The van der Waals surface area contributed by atoms with Gasteiger partial charge in [0.05, 0.1) is 5.56 Å². The Balaban J connectivity index is 2.94. The molecule has 0 saturated carbocycles. The fourth-order valence-electron chi connectivity index (χ4n) is 1.95. The topological polar surface area (TPSA) is 125 Å². The van der Waals surface area contributed by atoms with Crippen LogP contribution in [0.1, 0.15) is 45.4 Å². The third kappa shape index (κ3) is 3.34. The van der Waals surface area contributed by atoms with Crippen molar-refractivity contribution in [2.75, 3.05) is 0 Å². The van der Waals surface area contributed by atoms with E-state index in [1.165, 1.54) is 0 Å². The van der Waals surface area contributed by atoms with Crippen molar-refractivity contribution in [1.29, 1.82) is 0 Å². The number of hydrogen-bond donors (Lipinski definition) is 4. The number of rotatable bonds is 5. The molecule has 0 aliphatic carbocycles. The van der Waals surface area contributed by atoms with Gasteiger partial charge < -0.3 is 21.1 Å². The van der Waals surface area contributed by atoms with Gasteiger partial charge >= 0.3 is 5.97 Å². The van der Waals surface area contributed by atoms with Crippen LogP contribution in [0.25, 0.3) is 0 Å². The summed E-state index contributed by atoms with van der Waals surface area (Å²) in [5.74, 6) is -2.06. The van der Waals surface area contributed by atoms with Gasteiger partial charge in [-0.1, -0.05) is 0 Å². The van der Waals surface area contributed by atoms with Crippen molar-refractivity contribution < 1.29 is 19.5 Å². The molecule has 7 nitrogen and oxygen atoms in total. The molecule has 19 heavy (non-hydrogen) atoms. The highest BCUT2D eigenvalue weighted by molar-refractivity contribution is 6.01. The number of aryl methyl sites for hydroxylation is 1. The number of nitrogens with one attached hydrogen (secondary N) is 2. The van der Waals surface area contributed by atoms with Crippen molar-refractivity contribution in [3.63, 3.8) is 0 Å². The Hall–Kier alpha value is -2.31. The van der Waals surface area contributed by atoms with Gasteiger partial charge in [0.2, 0.25) is 5.91 Å². The lowest BCUT2D eigenvalue weighted by Gasteiger charge is -2.12. The highest BCUT2D eigenvalue weighted by Gasteiger charge is 2.22. The summed E-state index contributed by atoms with van der Waals surface area (Å²) in [6.45, 7) is 4.83. The van der Waals surface area contributed by atoms with Crippen LogP contribution >= 0.6 is 0 Å². The van der Waals surface area contributed by atoms with E-state index in [1.54, 1.807) is 20.8 Å². The maximum Gasteiger partial charge on any atom is 0.352 e. The van der Waals surface area contributed by atoms with Crippen LogP contribution in [-0.2, 0) is 4.79 Å². The fraction of sp³-hybridized carbons (Fsp3) is 0.417. The molecule has 0 aromatic carbocycles. The summed E-state index contributed by atoms with van der Waals surface area (Å²) < 4.78 is 0. The summed E-state index contributed by atoms with van der Waals surface area (Å²) >= 11 is 0. The average molecular weight is 267 g/mol. The summed E-state index contributed by atoms with van der Waals surface area (Å²) in [6, 6.07) is -0.410. The molecule has 0 saturated heterocycles. The van der Waals surface area contributed by atoms with Gasteiger partial charge in [0.25, 0.3) is 5.91 Å². The standard InChI is InChI=1S/C12H17N3O4/c1-5(4-8(13)16)14-11(17)9-6(2)10(12(18)19)15-7(9)3/h5,15H,4H2,1-3H3,(H2,13,16)(H,14,17)(H,18,19). The minimum absolute atomic E-state index is 0.00907. The highest BCUT2D eigenvalue weighted by atomic mass is 16.4. The third-order valence-electron chi connectivity index (χ3n) is 2.76. The van der Waals surface area contributed by atoms with Crippen LogP contribution in [0.3, 0.4) is 0 Å². The summed E-state index contributed by atoms with van der Waals surface area (Å²) in [7, 11) is 0. The zero-order chi connectivity index (χ0) is 14.7. The zero-order valence-corrected chi connectivity index (χ0v) is 11.0. The van der Waals surface area contributed by atoms with Gasteiger partial charge in [0, 0.05) is 18.2 Å². The van der Waals surface area contributed by atoms with Crippen molar-refractivity contribution in [2.24, 2.45) is 5.73 Å². The molecule has 104 valence electrons. The number of hydrogen-bond acceptors (Lipinski definition) is 3. The molecule has 0 spiro atoms. The van der Waals surface area contributed by atoms with Crippen LogP contribution in [0.15, 0.2) is 0 Å². The SMILES string of the molecule is Cc1[nH]c(C(=O)O)c(C)c1C(=O)NC(C)CC(N)=O. The Morgan fingerprint density at radius 2 is 1.95 bits per heavy atom. The molecule has 1 atom stereocenters. The monoisotopic (exact) mass is 267 g/mol. The first-order chi connectivity index (χ1) is 8.73. The van der Waals surface area contributed by atoms with Gasteiger partial charge in [-0.05, 0) is 26.3 Å². The number of aromatic carboxylic acids is 1. The number of nitrogens with two attached hydrogens (primary N) is 1. The predicted octanol–water partition coefficient (Wildman–Crippen LogP) is 0.323. The Morgan fingerprint density at radius 1 is 1.37 bits per heavy atom. The first-order valence-electron chi connectivity index (χ1n) is 5.75. The maximum atomic E-state index is 12.0. The van der Waals surface area contributed by atoms with Gasteiger partial charge in [-0.25, -0.2) is 4.79 Å². The molecule has 0 bridgehead atoms. The highest BCUT2D eigenvalue weighted by Crippen LogP contribution is 2.18. The molecular weight excluding hydrogens is 250 g/mol. The van der Waals surface area contributed by atoms with Crippen LogP contribution in [0.2, 0.25) is 0 Å². The molecule has 1 heterocycles. The molecular formula is C12H17N3O4. The Labute approximate surface area is 110 Å². The molecule has 0 aliphatic rings. The second-order valence-corrected chi connectivity index (χ2v) is 4.48. The summed E-state index contributed by atoms with van der Waals surface area (Å²) in [5, 5.41) is 11.6. The first kappa shape index (κ1) is 14.7. The van der Waals surface area contributed by atoms with Gasteiger partial charge in [-0.3, -0.25) is 9.59 Å². The van der Waals surface area contributed by atoms with E-state index >= 15 is 0 Å². The van der Waals surface area contributed by atoms with E-state index in [4.69, 9.17) is 10.8 Å². The van der Waals surface area contributed by atoms with Crippen LogP contribution < -0.4 is 11.1 Å². The van der Waals surface area contributed by atoms with E-state index in [9.17, 15) is 14.4 Å². The second-order valence-electron chi connectivity index (χ2n) is 4.48. The normalized spacial score (nSPS) is 11.9. The van der Waals surface area contributed by atoms with E-state index in [0.717, 1.165) is 0 Å². The molecule has 0 radical (unpaired) electrons. The summed E-state index contributed by atoms with van der Waals surface area (Å²) in [4.78, 5) is 36.4. The fourth-order valence-corrected chi connectivity index (χ4v) is 1.95. The summed E-state index contributed by atoms with van der Waals surface area (Å²) in [5.41, 5.74) is 6.15. The van der Waals surface area contributed by atoms with Gasteiger partial charge in [-0.15, -0.1) is 0 Å². The third-order valence-corrected chi connectivity index (χ3v) is 2.76. The molecule has 0 fully saturated rings. The van der Waals surface area contributed by atoms with Crippen molar-refractivity contribution in [3.05, 3.63) is 22.5 Å². The van der Waals surface area contributed by atoms with Crippen LogP contribution in [0, 0.1) is 13.8 Å². The molecule has 1 aromatic rings. The zero-order valence-electron chi connectivity index (χ0n) is 11.0. The molecule has 2 amide bonds. The smallest absolute Gasteiger partial charge is 0.352 e. The van der Waals surface area contributed by atoms with Crippen LogP contribution in [-0.4, -0.2) is 33.9 Å². The second kappa shape index (κ2) is 5.55. The number of carbonyl (C=O) groups excluding carboxylic acids is 2. The quantitative estimate of drug-likeness (QED) is 0.613. The van der Waals surface area contributed by atoms with Gasteiger partial charge in [0.15, 0.2) is 0 Å². The summed E-state index contributed by atoms with van der Waals surface area (Å²) in [6.07, 6.45) is 0.0278. The lowest BCUT2D eigenvalue weighted by molar-refractivity contribution is -0.118. The number of primary amides is 1. The Kier molecular flexibility index (Phi) is 4.31. The molecule has 1 aromatic heterocycles. The van der Waals surface area contributed by atoms with Crippen molar-refractivity contribution in [1.82, 2.24) is 10.3 Å². The van der Waals surface area contributed by atoms with E-state index in [2.05, 4.69) is 10.3 Å². The van der Waals surface area contributed by atoms with E-state index in [0.29, 0.717) is 11.3 Å². The largest absolute Gasteiger partial charge is 0.477 e. The number of carboxylic acids is 1. The van der Waals surface area contributed by atoms with Crippen LogP contribution in [0.4, 0.5) is 0 Å². The molecule has 1 rings (SSSR count). The number of aromatic nitrogens is 1.